The lowest BCUT2D eigenvalue weighted by Crippen LogP contribution is -2.44. The van der Waals surface area contributed by atoms with Gasteiger partial charge in [-0.05, 0) is 18.2 Å². The number of ether oxygens (including phenoxy) is 4. The minimum Gasteiger partial charge on any atom is -0.486 e. The van der Waals surface area contributed by atoms with E-state index >= 15 is 0 Å². The van der Waals surface area contributed by atoms with Crippen molar-refractivity contribution in [3.63, 3.8) is 0 Å². The van der Waals surface area contributed by atoms with Crippen molar-refractivity contribution < 1.29 is 28.5 Å². The van der Waals surface area contributed by atoms with Gasteiger partial charge in [0.05, 0.1) is 18.8 Å². The van der Waals surface area contributed by atoms with E-state index in [-0.39, 0.29) is 5.91 Å². The Balaban J connectivity index is 1.56. The molecule has 2 aromatic carbocycles. The van der Waals surface area contributed by atoms with E-state index in [1.807, 2.05) is 18.2 Å². The van der Waals surface area contributed by atoms with Crippen molar-refractivity contribution in [1.29, 1.82) is 0 Å². The zero-order valence-corrected chi connectivity index (χ0v) is 15.3. The van der Waals surface area contributed by atoms with Gasteiger partial charge in [-0.1, -0.05) is 30.3 Å². The number of fused-ring (bicyclic) bond motifs is 1. The first-order valence-corrected chi connectivity index (χ1v) is 9.24. The van der Waals surface area contributed by atoms with Gasteiger partial charge in [0.2, 0.25) is 6.10 Å². The fourth-order valence-corrected chi connectivity index (χ4v) is 3.18. The molecule has 7 heteroatoms. The first kappa shape index (κ1) is 18.3. The van der Waals surface area contributed by atoms with Crippen molar-refractivity contribution >= 4 is 11.9 Å². The number of hydrogen-bond acceptors (Lipinski definition) is 6. The molecule has 146 valence electrons. The fourth-order valence-electron chi connectivity index (χ4n) is 3.18. The van der Waals surface area contributed by atoms with Gasteiger partial charge in [0.15, 0.2) is 11.5 Å². The average Bonchev–Trinajstić information content (AvgIpc) is 2.77. The van der Waals surface area contributed by atoms with E-state index in [4.69, 9.17) is 18.9 Å². The van der Waals surface area contributed by atoms with Crippen LogP contribution in [0.25, 0.3) is 0 Å². The number of morpholine rings is 1. The molecule has 0 unspecified atom stereocenters. The van der Waals surface area contributed by atoms with Crippen LogP contribution in [0.5, 0.6) is 11.5 Å². The molecule has 2 aliphatic heterocycles. The smallest absolute Gasteiger partial charge is 0.339 e. The number of rotatable bonds is 4. The SMILES string of the molecule is O=C(O[C@@H](C(=O)N1CCOCC1)c1ccccc1)c1ccc2c(c1)OCCO2. The van der Waals surface area contributed by atoms with Crippen LogP contribution in [0.15, 0.2) is 48.5 Å². The van der Waals surface area contributed by atoms with Crippen molar-refractivity contribution in [1.82, 2.24) is 4.90 Å². The highest BCUT2D eigenvalue weighted by molar-refractivity contribution is 5.93. The zero-order valence-electron chi connectivity index (χ0n) is 15.3. The second-order valence-corrected chi connectivity index (χ2v) is 6.49. The summed E-state index contributed by atoms with van der Waals surface area (Å²) in [5, 5.41) is 0. The quantitative estimate of drug-likeness (QED) is 0.754. The van der Waals surface area contributed by atoms with Crippen LogP contribution in [0, 0.1) is 0 Å². The van der Waals surface area contributed by atoms with E-state index in [1.165, 1.54) is 0 Å². The molecule has 1 amide bonds. The molecule has 1 atom stereocenters. The Labute approximate surface area is 162 Å². The predicted octanol–water partition coefficient (Wildman–Crippen LogP) is 2.21. The predicted molar refractivity (Wildman–Crippen MR) is 99.4 cm³/mol. The third-order valence-corrected chi connectivity index (χ3v) is 4.65. The van der Waals surface area contributed by atoms with Crippen molar-refractivity contribution in [2.45, 2.75) is 6.10 Å². The molecule has 2 aromatic rings. The van der Waals surface area contributed by atoms with Crippen molar-refractivity contribution in [2.75, 3.05) is 39.5 Å². The summed E-state index contributed by atoms with van der Waals surface area (Å²) in [7, 11) is 0. The molecular formula is C21H21NO6. The number of carbonyl (C=O) groups is 2. The van der Waals surface area contributed by atoms with E-state index in [9.17, 15) is 9.59 Å². The molecule has 0 saturated carbocycles. The maximum atomic E-state index is 13.0. The van der Waals surface area contributed by atoms with Crippen LogP contribution in [-0.4, -0.2) is 56.3 Å². The first-order chi connectivity index (χ1) is 13.7. The normalized spacial score (nSPS) is 16.9. The summed E-state index contributed by atoms with van der Waals surface area (Å²) in [6.07, 6.45) is -1.01. The third-order valence-electron chi connectivity index (χ3n) is 4.65. The van der Waals surface area contributed by atoms with Crippen LogP contribution >= 0.6 is 0 Å². The second kappa shape index (κ2) is 8.31. The Morgan fingerprint density at radius 1 is 0.893 bits per heavy atom. The summed E-state index contributed by atoms with van der Waals surface area (Å²) in [6.45, 7) is 2.80. The van der Waals surface area contributed by atoms with Crippen LogP contribution in [-0.2, 0) is 14.3 Å². The van der Waals surface area contributed by atoms with Gasteiger partial charge in [-0.3, -0.25) is 4.79 Å². The molecule has 4 rings (SSSR count). The second-order valence-electron chi connectivity index (χ2n) is 6.49. The van der Waals surface area contributed by atoms with Gasteiger partial charge in [0, 0.05) is 18.7 Å². The standard InChI is InChI=1S/C21H21NO6/c23-20(22-8-10-25-11-9-22)19(15-4-2-1-3-5-15)28-21(24)16-6-7-17-18(14-16)27-13-12-26-17/h1-7,14,19H,8-13H2/t19-/m1/s1. The molecule has 1 saturated heterocycles. The summed E-state index contributed by atoms with van der Waals surface area (Å²) in [5.41, 5.74) is 0.935. The zero-order chi connectivity index (χ0) is 19.3. The van der Waals surface area contributed by atoms with Crippen LogP contribution in [0.2, 0.25) is 0 Å². The minimum atomic E-state index is -1.01. The molecule has 2 heterocycles. The van der Waals surface area contributed by atoms with E-state index in [0.29, 0.717) is 62.1 Å². The molecule has 7 nitrogen and oxygen atoms in total. The maximum Gasteiger partial charge on any atom is 0.339 e. The Hall–Kier alpha value is -3.06. The van der Waals surface area contributed by atoms with Gasteiger partial charge >= 0.3 is 5.97 Å². The number of esters is 1. The number of benzene rings is 2. The molecule has 0 N–H and O–H groups in total. The fraction of sp³-hybridized carbons (Fsp3) is 0.333. The Morgan fingerprint density at radius 3 is 2.36 bits per heavy atom. The molecule has 2 aliphatic rings. The van der Waals surface area contributed by atoms with Crippen LogP contribution in [0.3, 0.4) is 0 Å². The molecule has 0 aromatic heterocycles. The Morgan fingerprint density at radius 2 is 1.61 bits per heavy atom. The van der Waals surface area contributed by atoms with Gasteiger partial charge in [-0.2, -0.15) is 0 Å². The van der Waals surface area contributed by atoms with Crippen molar-refractivity contribution in [3.8, 4) is 11.5 Å². The van der Waals surface area contributed by atoms with Gasteiger partial charge in [0.1, 0.15) is 13.2 Å². The van der Waals surface area contributed by atoms with Gasteiger partial charge in [-0.15, -0.1) is 0 Å². The number of nitrogens with zero attached hydrogens (tertiary/aromatic N) is 1. The number of carbonyl (C=O) groups excluding carboxylic acids is 2. The minimum absolute atomic E-state index is 0.250. The molecular weight excluding hydrogens is 362 g/mol. The monoisotopic (exact) mass is 383 g/mol. The van der Waals surface area contributed by atoms with Gasteiger partial charge < -0.3 is 23.8 Å². The van der Waals surface area contributed by atoms with Crippen molar-refractivity contribution in [2.24, 2.45) is 0 Å². The topological polar surface area (TPSA) is 74.3 Å². The van der Waals surface area contributed by atoms with E-state index in [2.05, 4.69) is 0 Å². The van der Waals surface area contributed by atoms with Crippen LogP contribution in [0.4, 0.5) is 0 Å². The number of hydrogen-bond donors (Lipinski definition) is 0. The molecule has 0 radical (unpaired) electrons. The molecule has 28 heavy (non-hydrogen) atoms. The van der Waals surface area contributed by atoms with Gasteiger partial charge in [-0.25, -0.2) is 4.79 Å². The Bertz CT molecular complexity index is 847. The molecule has 0 spiro atoms. The molecule has 1 fully saturated rings. The van der Waals surface area contributed by atoms with E-state index in [1.54, 1.807) is 35.2 Å². The summed E-state index contributed by atoms with van der Waals surface area (Å²) >= 11 is 0. The summed E-state index contributed by atoms with van der Waals surface area (Å²) in [4.78, 5) is 27.5. The lowest BCUT2D eigenvalue weighted by molar-refractivity contribution is -0.145. The summed E-state index contributed by atoms with van der Waals surface area (Å²) in [5.74, 6) is 0.246. The highest BCUT2D eigenvalue weighted by Gasteiger charge is 2.31. The highest BCUT2D eigenvalue weighted by Crippen LogP contribution is 2.32. The lowest BCUT2D eigenvalue weighted by atomic mass is 10.1. The number of amides is 1. The van der Waals surface area contributed by atoms with Gasteiger partial charge in [0.25, 0.3) is 5.91 Å². The summed E-state index contributed by atoms with van der Waals surface area (Å²) < 4.78 is 22.0. The average molecular weight is 383 g/mol. The van der Waals surface area contributed by atoms with E-state index < -0.39 is 12.1 Å². The van der Waals surface area contributed by atoms with Crippen LogP contribution < -0.4 is 9.47 Å². The Kier molecular flexibility index (Phi) is 5.43. The maximum absolute atomic E-state index is 13.0. The summed E-state index contributed by atoms with van der Waals surface area (Å²) in [6, 6.07) is 13.9. The lowest BCUT2D eigenvalue weighted by Gasteiger charge is -2.30. The highest BCUT2D eigenvalue weighted by atomic mass is 16.6. The third kappa shape index (κ3) is 3.94. The largest absolute Gasteiger partial charge is 0.486 e. The molecule has 0 bridgehead atoms. The van der Waals surface area contributed by atoms with Crippen molar-refractivity contribution in [3.05, 3.63) is 59.7 Å². The first-order valence-electron chi connectivity index (χ1n) is 9.24. The van der Waals surface area contributed by atoms with Crippen LogP contribution in [0.1, 0.15) is 22.0 Å². The van der Waals surface area contributed by atoms with E-state index in [0.717, 1.165) is 0 Å². The molecule has 0 aliphatic carbocycles.